The fourth-order valence-corrected chi connectivity index (χ4v) is 6.08. The molecule has 2 N–H and O–H groups in total. The average Bonchev–Trinajstić information content (AvgIpc) is 2.88. The van der Waals surface area contributed by atoms with Gasteiger partial charge < -0.3 is 29.1 Å². The Morgan fingerprint density at radius 1 is 1.16 bits per heavy atom. The van der Waals surface area contributed by atoms with Crippen molar-refractivity contribution in [3.63, 3.8) is 0 Å². The normalized spacial score (nSPS) is 21.7. The van der Waals surface area contributed by atoms with Crippen LogP contribution in [-0.2, 0) is 20.3 Å². The first-order chi connectivity index (χ1) is 14.0. The van der Waals surface area contributed by atoms with Crippen LogP contribution < -0.4 is 24.0 Å². The van der Waals surface area contributed by atoms with Gasteiger partial charge in [0.15, 0.2) is 5.71 Å². The summed E-state index contributed by atoms with van der Waals surface area (Å²) in [6, 6.07) is 8.31. The van der Waals surface area contributed by atoms with Crippen molar-refractivity contribution < 1.29 is 51.4 Å². The maximum Gasteiger partial charge on any atom is 0.303 e. The number of hydrogen-bond acceptors (Lipinski definition) is 3. The van der Waals surface area contributed by atoms with Crippen LogP contribution in [0.4, 0.5) is 5.69 Å². The van der Waals surface area contributed by atoms with Crippen molar-refractivity contribution in [1.29, 1.82) is 0 Å². The summed E-state index contributed by atoms with van der Waals surface area (Å²) < 4.78 is 33.5. The summed E-state index contributed by atoms with van der Waals surface area (Å²) in [5.41, 5.74) is 4.47. The summed E-state index contributed by atoms with van der Waals surface area (Å²) in [6.45, 7) is 7.32. The predicted octanol–water partition coefficient (Wildman–Crippen LogP) is 1.33. The topological polar surface area (TPSA) is 94.7 Å². The Hall–Kier alpha value is -1.26. The van der Waals surface area contributed by atoms with Gasteiger partial charge in [0.2, 0.25) is 5.69 Å². The van der Waals surface area contributed by atoms with Crippen LogP contribution in [0.1, 0.15) is 64.9 Å². The molecule has 1 aliphatic heterocycles. The van der Waals surface area contributed by atoms with Gasteiger partial charge >= 0.3 is 5.97 Å². The van der Waals surface area contributed by atoms with E-state index < -0.39 is 16.1 Å². The summed E-state index contributed by atoms with van der Waals surface area (Å²) in [6.07, 6.45) is 5.71. The lowest BCUT2D eigenvalue weighted by Gasteiger charge is -2.46. The molecule has 31 heavy (non-hydrogen) atoms. The molecule has 2 aliphatic rings. The minimum Gasteiger partial charge on any atom is -1.00 e. The van der Waals surface area contributed by atoms with Crippen molar-refractivity contribution in [1.82, 2.24) is 0 Å². The molecule has 8 heteroatoms. The molecule has 0 spiro atoms. The molecule has 0 fully saturated rings. The highest BCUT2D eigenvalue weighted by molar-refractivity contribution is 7.85. The van der Waals surface area contributed by atoms with Crippen LogP contribution in [0.15, 0.2) is 35.9 Å². The molecule has 1 unspecified atom stereocenters. The van der Waals surface area contributed by atoms with Gasteiger partial charge in [0.1, 0.15) is 6.54 Å². The Labute approximate surface area is 202 Å². The van der Waals surface area contributed by atoms with Crippen LogP contribution in [0.3, 0.4) is 0 Å². The van der Waals surface area contributed by atoms with Crippen LogP contribution in [0.25, 0.3) is 0 Å². The van der Waals surface area contributed by atoms with Gasteiger partial charge in [-0.1, -0.05) is 37.6 Å². The van der Waals surface area contributed by atoms with E-state index in [1.807, 2.05) is 12.1 Å². The minimum atomic E-state index is -3.96. The Morgan fingerprint density at radius 3 is 2.48 bits per heavy atom. The number of para-hydroxylation sites is 1. The van der Waals surface area contributed by atoms with E-state index in [2.05, 4.69) is 43.6 Å². The Bertz CT molecular complexity index is 1010. The molecule has 172 valence electrons. The van der Waals surface area contributed by atoms with Gasteiger partial charge in [-0.25, -0.2) is 0 Å². The summed E-state index contributed by atoms with van der Waals surface area (Å²) in [4.78, 5) is 11.2. The number of rotatable bonds is 9. The zero-order valence-electron chi connectivity index (χ0n) is 18.4. The molecule has 3 rings (SSSR count). The standard InChI is InChI=1S/C23H31NO5S.HI/c1-17-15-20-23(22(2,3)16-17,12-8-11-21(25)26)18-9-4-5-10-19(18)24(20)13-6-7-14-30(27,28)29;/h4-5,9-10,15H,6-8,11-14,16H2,1-3H3,(H-,25,26,27,28,29);1H. The number of benzene rings is 1. The van der Waals surface area contributed by atoms with E-state index in [1.54, 1.807) is 0 Å². The summed E-state index contributed by atoms with van der Waals surface area (Å²) in [5.74, 6) is -1.01. The summed E-state index contributed by atoms with van der Waals surface area (Å²) in [7, 11) is -3.96. The van der Waals surface area contributed by atoms with Crippen molar-refractivity contribution >= 4 is 27.5 Å². The molecule has 0 radical (unpaired) electrons. The lowest BCUT2D eigenvalue weighted by Crippen LogP contribution is -3.00. The van der Waals surface area contributed by atoms with E-state index in [0.29, 0.717) is 25.8 Å². The van der Waals surface area contributed by atoms with Gasteiger partial charge in [0, 0.05) is 30.5 Å². The Kier molecular flexibility index (Phi) is 8.14. The largest absolute Gasteiger partial charge is 1.00 e. The van der Waals surface area contributed by atoms with Crippen molar-refractivity contribution in [2.75, 3.05) is 12.3 Å². The zero-order chi connectivity index (χ0) is 22.2. The maximum atomic E-state index is 11.2. The molecule has 0 amide bonds. The number of allylic oxidation sites excluding steroid dienone is 2. The van der Waals surface area contributed by atoms with E-state index in [4.69, 9.17) is 4.55 Å². The molecular formula is C23H32INO5S. The van der Waals surface area contributed by atoms with Crippen LogP contribution in [-0.4, -0.2) is 46.6 Å². The van der Waals surface area contributed by atoms with E-state index in [0.717, 1.165) is 18.5 Å². The summed E-state index contributed by atoms with van der Waals surface area (Å²) >= 11 is 0. The second-order valence-corrected chi connectivity index (χ2v) is 10.8. The van der Waals surface area contributed by atoms with E-state index in [1.165, 1.54) is 16.8 Å². The number of fused-ring (bicyclic) bond motifs is 3. The van der Waals surface area contributed by atoms with Crippen molar-refractivity contribution in [3.8, 4) is 0 Å². The van der Waals surface area contributed by atoms with Crippen LogP contribution in [0.5, 0.6) is 0 Å². The number of carbonyl (C=O) groups is 1. The number of unbranched alkanes of at least 4 members (excludes halogenated alkanes) is 1. The monoisotopic (exact) mass is 561 g/mol. The van der Waals surface area contributed by atoms with Gasteiger partial charge in [0.05, 0.1) is 11.2 Å². The molecule has 6 nitrogen and oxygen atoms in total. The van der Waals surface area contributed by atoms with Crippen LogP contribution >= 0.6 is 0 Å². The van der Waals surface area contributed by atoms with E-state index >= 15 is 0 Å². The first kappa shape index (κ1) is 26.0. The third-order valence-electron chi connectivity index (χ3n) is 6.62. The van der Waals surface area contributed by atoms with Gasteiger partial charge in [0.25, 0.3) is 10.1 Å². The lowest BCUT2D eigenvalue weighted by molar-refractivity contribution is -0.438. The smallest absolute Gasteiger partial charge is 0.303 e. The Morgan fingerprint density at radius 2 is 1.84 bits per heavy atom. The number of nitrogens with zero attached hydrogens (tertiary/aromatic N) is 1. The zero-order valence-corrected chi connectivity index (χ0v) is 21.4. The number of halogens is 1. The maximum absolute atomic E-state index is 11.2. The van der Waals surface area contributed by atoms with E-state index in [-0.39, 0.29) is 47.0 Å². The first-order valence-electron chi connectivity index (χ1n) is 10.6. The molecule has 1 aliphatic carbocycles. The van der Waals surface area contributed by atoms with Gasteiger partial charge in [-0.15, -0.1) is 0 Å². The summed E-state index contributed by atoms with van der Waals surface area (Å²) in [5, 5.41) is 9.21. The highest BCUT2D eigenvalue weighted by Gasteiger charge is 2.60. The third-order valence-corrected chi connectivity index (χ3v) is 7.42. The number of hydrogen-bond donors (Lipinski definition) is 2. The van der Waals surface area contributed by atoms with Gasteiger partial charge in [-0.05, 0) is 38.0 Å². The van der Waals surface area contributed by atoms with Crippen molar-refractivity contribution in [2.45, 2.75) is 64.7 Å². The molecule has 0 bridgehead atoms. The van der Waals surface area contributed by atoms with Crippen molar-refractivity contribution in [3.05, 3.63) is 41.5 Å². The van der Waals surface area contributed by atoms with E-state index in [9.17, 15) is 18.3 Å². The fraction of sp³-hybridized carbons (Fsp3) is 0.565. The molecule has 0 saturated carbocycles. The minimum absolute atomic E-state index is 0. The van der Waals surface area contributed by atoms with Gasteiger partial charge in [-0.2, -0.15) is 13.0 Å². The fourth-order valence-electron chi connectivity index (χ4n) is 5.51. The van der Waals surface area contributed by atoms with Crippen molar-refractivity contribution in [2.24, 2.45) is 5.41 Å². The molecule has 1 heterocycles. The molecule has 1 atom stereocenters. The molecule has 1 aromatic rings. The Balaban J connectivity index is 0.00000341. The highest BCUT2D eigenvalue weighted by Crippen LogP contribution is 2.58. The molecular weight excluding hydrogens is 529 g/mol. The SMILES string of the molecule is CC1=CC2=[N+](CCCCS(=O)(=O)O)c3ccccc3C2(CCCC(=O)O)C(C)(C)C1.[I-]. The number of carboxylic acid groups (broad SMARTS) is 1. The lowest BCUT2D eigenvalue weighted by atomic mass is 9.53. The molecule has 0 saturated heterocycles. The average molecular weight is 561 g/mol. The highest BCUT2D eigenvalue weighted by atomic mass is 127. The second-order valence-electron chi connectivity index (χ2n) is 9.25. The van der Waals surface area contributed by atoms with Crippen LogP contribution in [0, 0.1) is 5.41 Å². The van der Waals surface area contributed by atoms with Gasteiger partial charge in [-0.3, -0.25) is 9.35 Å². The predicted molar refractivity (Wildman–Crippen MR) is 117 cm³/mol. The third kappa shape index (κ3) is 5.22. The number of aliphatic carboxylic acids is 1. The first-order valence-corrected chi connectivity index (χ1v) is 12.2. The molecule has 1 aromatic carbocycles. The van der Waals surface area contributed by atoms with Crippen LogP contribution in [0.2, 0.25) is 0 Å². The number of carboxylic acids is 1. The molecule has 0 aromatic heterocycles. The quantitative estimate of drug-likeness (QED) is 0.205. The second kappa shape index (κ2) is 9.70.